The van der Waals surface area contributed by atoms with E-state index in [0.717, 1.165) is 0 Å². The van der Waals surface area contributed by atoms with Crippen LogP contribution in [0.5, 0.6) is 0 Å². The Morgan fingerprint density at radius 1 is 1.47 bits per heavy atom. The van der Waals surface area contributed by atoms with Crippen molar-refractivity contribution in [1.82, 2.24) is 0 Å². The Morgan fingerprint density at radius 3 is 2.63 bits per heavy atom. The number of hydrogen-bond donors (Lipinski definition) is 1. The second-order valence-corrected chi connectivity index (χ2v) is 5.65. The average molecular weight is 281 g/mol. The molecule has 0 bridgehead atoms. The zero-order chi connectivity index (χ0) is 14.6. The maximum Gasteiger partial charge on any atom is 0.412 e. The predicted molar refractivity (Wildman–Crippen MR) is 75.3 cm³/mol. The number of rotatable bonds is 2. The summed E-state index contributed by atoms with van der Waals surface area (Å²) >= 11 is 5.91. The molecular formula is C14H17ClN2O2. The minimum absolute atomic E-state index is 0.372. The Labute approximate surface area is 118 Å². The quantitative estimate of drug-likeness (QED) is 0.878. The molecule has 1 aromatic rings. The van der Waals surface area contributed by atoms with Crippen molar-refractivity contribution in [3.8, 4) is 6.07 Å². The molecule has 0 radical (unpaired) electrons. The molecule has 0 saturated carbocycles. The van der Waals surface area contributed by atoms with E-state index in [1.165, 1.54) is 0 Å². The number of carbonyl (C=O) groups is 1. The van der Waals surface area contributed by atoms with Crippen molar-refractivity contribution >= 4 is 23.4 Å². The molecule has 102 valence electrons. The topological polar surface area (TPSA) is 62.1 Å². The number of nitrogens with one attached hydrogen (secondary N) is 1. The van der Waals surface area contributed by atoms with Gasteiger partial charge in [-0.3, -0.25) is 5.32 Å². The van der Waals surface area contributed by atoms with E-state index >= 15 is 0 Å². The Hall–Kier alpha value is -1.73. The molecule has 0 aromatic heterocycles. The maximum atomic E-state index is 11.7. The van der Waals surface area contributed by atoms with E-state index in [0.29, 0.717) is 16.3 Å². The van der Waals surface area contributed by atoms with Gasteiger partial charge in [0.15, 0.2) is 0 Å². The second kappa shape index (κ2) is 5.94. The Morgan fingerprint density at radius 2 is 2.11 bits per heavy atom. The van der Waals surface area contributed by atoms with Crippen LogP contribution in [-0.2, 0) is 4.74 Å². The van der Waals surface area contributed by atoms with Crippen LogP contribution < -0.4 is 5.32 Å². The van der Waals surface area contributed by atoms with Gasteiger partial charge in [0.05, 0.1) is 12.0 Å². The molecule has 0 spiro atoms. The summed E-state index contributed by atoms with van der Waals surface area (Å²) in [5.41, 5.74) is 0.630. The predicted octanol–water partition coefficient (Wildman–Crippen LogP) is 4.31. The minimum atomic E-state index is -0.572. The summed E-state index contributed by atoms with van der Waals surface area (Å²) in [6, 6.07) is 7.11. The van der Waals surface area contributed by atoms with E-state index in [1.54, 1.807) is 45.9 Å². The van der Waals surface area contributed by atoms with Crippen molar-refractivity contribution in [1.29, 1.82) is 5.26 Å². The number of ether oxygens (including phenoxy) is 1. The molecule has 1 atom stereocenters. The molecule has 1 aromatic carbocycles. The SMILES string of the molecule is CC(C#N)c1cc(Cl)ccc1NC(=O)OC(C)(C)C. The molecule has 0 aliphatic heterocycles. The maximum absolute atomic E-state index is 11.7. The normalized spacial score (nSPS) is 12.4. The van der Waals surface area contributed by atoms with Gasteiger partial charge >= 0.3 is 6.09 Å². The van der Waals surface area contributed by atoms with Crippen LogP contribution in [0, 0.1) is 11.3 Å². The smallest absolute Gasteiger partial charge is 0.412 e. The first kappa shape index (κ1) is 15.3. The van der Waals surface area contributed by atoms with Crippen molar-refractivity contribution in [2.45, 2.75) is 39.2 Å². The third-order valence-corrected chi connectivity index (χ3v) is 2.54. The van der Waals surface area contributed by atoms with E-state index in [1.807, 2.05) is 0 Å². The molecule has 0 heterocycles. The number of halogens is 1. The van der Waals surface area contributed by atoms with Crippen LogP contribution in [0.2, 0.25) is 5.02 Å². The lowest BCUT2D eigenvalue weighted by Gasteiger charge is -2.20. The third kappa shape index (κ3) is 4.80. The van der Waals surface area contributed by atoms with Gasteiger partial charge in [-0.25, -0.2) is 4.79 Å². The molecular weight excluding hydrogens is 264 g/mol. The van der Waals surface area contributed by atoms with Crippen LogP contribution in [0.3, 0.4) is 0 Å². The fourth-order valence-corrected chi connectivity index (χ4v) is 1.67. The van der Waals surface area contributed by atoms with Gasteiger partial charge in [-0.2, -0.15) is 5.26 Å². The van der Waals surface area contributed by atoms with Crippen molar-refractivity contribution in [2.75, 3.05) is 5.32 Å². The number of amides is 1. The van der Waals surface area contributed by atoms with Gasteiger partial charge in [0.25, 0.3) is 0 Å². The van der Waals surface area contributed by atoms with Gasteiger partial charge in [0, 0.05) is 10.7 Å². The van der Waals surface area contributed by atoms with Gasteiger partial charge in [-0.05, 0) is 51.5 Å². The molecule has 19 heavy (non-hydrogen) atoms. The molecule has 0 aliphatic carbocycles. The number of nitrogens with zero attached hydrogens (tertiary/aromatic N) is 1. The first-order valence-electron chi connectivity index (χ1n) is 5.92. The van der Waals surface area contributed by atoms with Gasteiger partial charge in [0.2, 0.25) is 0 Å². The van der Waals surface area contributed by atoms with Crippen molar-refractivity contribution in [3.63, 3.8) is 0 Å². The molecule has 1 rings (SSSR count). The molecule has 1 amide bonds. The second-order valence-electron chi connectivity index (χ2n) is 5.21. The number of carbonyl (C=O) groups excluding carboxylic acids is 1. The van der Waals surface area contributed by atoms with Crippen molar-refractivity contribution in [3.05, 3.63) is 28.8 Å². The van der Waals surface area contributed by atoms with E-state index in [9.17, 15) is 4.79 Å². The van der Waals surface area contributed by atoms with E-state index < -0.39 is 11.7 Å². The van der Waals surface area contributed by atoms with E-state index in [2.05, 4.69) is 11.4 Å². The summed E-state index contributed by atoms with van der Waals surface area (Å²) in [6.45, 7) is 7.10. The lowest BCUT2D eigenvalue weighted by molar-refractivity contribution is 0.0636. The summed E-state index contributed by atoms with van der Waals surface area (Å²) in [4.78, 5) is 11.7. The lowest BCUT2D eigenvalue weighted by Crippen LogP contribution is -2.27. The number of benzene rings is 1. The molecule has 5 heteroatoms. The highest BCUT2D eigenvalue weighted by Gasteiger charge is 2.18. The largest absolute Gasteiger partial charge is 0.444 e. The first-order chi connectivity index (χ1) is 8.73. The third-order valence-electron chi connectivity index (χ3n) is 2.31. The number of nitriles is 1. The monoisotopic (exact) mass is 280 g/mol. The summed E-state index contributed by atoms with van der Waals surface area (Å²) in [5.74, 6) is -0.372. The van der Waals surface area contributed by atoms with Crippen molar-refractivity contribution < 1.29 is 9.53 Å². The minimum Gasteiger partial charge on any atom is -0.444 e. The summed E-state index contributed by atoms with van der Waals surface area (Å²) < 4.78 is 5.17. The Bertz CT molecular complexity index is 515. The average Bonchev–Trinajstić information content (AvgIpc) is 2.28. The van der Waals surface area contributed by atoms with Crippen LogP contribution in [0.15, 0.2) is 18.2 Å². The van der Waals surface area contributed by atoms with Crippen LogP contribution in [0.1, 0.15) is 39.2 Å². The standard InChI is InChI=1S/C14H17ClN2O2/c1-9(8-16)11-7-10(15)5-6-12(11)17-13(18)19-14(2,3)4/h5-7,9H,1-4H3,(H,17,18). The fourth-order valence-electron chi connectivity index (χ4n) is 1.49. The summed E-state index contributed by atoms with van der Waals surface area (Å²) in [7, 11) is 0. The van der Waals surface area contributed by atoms with Crippen molar-refractivity contribution in [2.24, 2.45) is 0 Å². The highest BCUT2D eigenvalue weighted by molar-refractivity contribution is 6.30. The molecule has 1 unspecified atom stereocenters. The lowest BCUT2D eigenvalue weighted by atomic mass is 10.0. The van der Waals surface area contributed by atoms with Gasteiger partial charge in [-0.1, -0.05) is 11.6 Å². The van der Waals surface area contributed by atoms with Crippen LogP contribution in [0.25, 0.3) is 0 Å². The molecule has 0 fully saturated rings. The van der Waals surface area contributed by atoms with Gasteiger partial charge in [-0.15, -0.1) is 0 Å². The number of hydrogen-bond acceptors (Lipinski definition) is 3. The first-order valence-corrected chi connectivity index (χ1v) is 6.30. The zero-order valence-corrected chi connectivity index (χ0v) is 12.2. The van der Waals surface area contributed by atoms with Crippen LogP contribution in [0.4, 0.5) is 10.5 Å². The van der Waals surface area contributed by atoms with Gasteiger partial charge < -0.3 is 4.74 Å². The fraction of sp³-hybridized carbons (Fsp3) is 0.429. The summed E-state index contributed by atoms with van der Waals surface area (Å²) in [5, 5.41) is 12.1. The van der Waals surface area contributed by atoms with E-state index in [4.69, 9.17) is 21.6 Å². The zero-order valence-electron chi connectivity index (χ0n) is 11.5. The van der Waals surface area contributed by atoms with E-state index in [-0.39, 0.29) is 5.92 Å². The highest BCUT2D eigenvalue weighted by atomic mass is 35.5. The van der Waals surface area contributed by atoms with Gasteiger partial charge in [0.1, 0.15) is 5.60 Å². The molecule has 1 N–H and O–H groups in total. The molecule has 0 saturated heterocycles. The molecule has 0 aliphatic rings. The summed E-state index contributed by atoms with van der Waals surface area (Å²) in [6.07, 6.45) is -0.554. The molecule has 4 nitrogen and oxygen atoms in total. The van der Waals surface area contributed by atoms with Crippen LogP contribution in [-0.4, -0.2) is 11.7 Å². The number of anilines is 1. The highest BCUT2D eigenvalue weighted by Crippen LogP contribution is 2.27. The van der Waals surface area contributed by atoms with Crippen LogP contribution >= 0.6 is 11.6 Å². The Kier molecular flexibility index (Phi) is 4.79. The Balaban J connectivity index is 2.96.